The first-order chi connectivity index (χ1) is 21.6. The molecule has 4 aromatic rings. The number of para-hydroxylation sites is 4. The highest BCUT2D eigenvalue weighted by atomic mass is 15.2. The van der Waals surface area contributed by atoms with Gasteiger partial charge in [0.05, 0.1) is 35.6 Å². The van der Waals surface area contributed by atoms with Crippen LogP contribution in [-0.4, -0.2) is 39.2 Å². The second-order valence-electron chi connectivity index (χ2n) is 12.3. The Morgan fingerprint density at radius 3 is 2.16 bits per heavy atom. The molecule has 238 valence electrons. The first-order valence-corrected chi connectivity index (χ1v) is 17.3. The van der Waals surface area contributed by atoms with Crippen LogP contribution in [0.3, 0.4) is 0 Å². The molecule has 0 radical (unpaired) electrons. The fraction of sp³-hybridized carbons (Fsp3) is 0.526. The molecular formula is C38H56N6. The average Bonchev–Trinajstić information content (AvgIpc) is 3.41. The summed E-state index contributed by atoms with van der Waals surface area (Å²) in [5.41, 5.74) is 5.80. The van der Waals surface area contributed by atoms with E-state index in [1.807, 2.05) is 12.3 Å². The van der Waals surface area contributed by atoms with Gasteiger partial charge in [0.25, 0.3) is 0 Å². The van der Waals surface area contributed by atoms with E-state index in [4.69, 9.17) is 4.98 Å². The number of hydrogen-bond donors (Lipinski definition) is 2. The van der Waals surface area contributed by atoms with E-state index in [0.29, 0.717) is 11.8 Å². The summed E-state index contributed by atoms with van der Waals surface area (Å²) in [5.74, 6) is 2.51. The number of nitrogens with zero attached hydrogens (tertiary/aromatic N) is 4. The number of unbranched alkanes of at least 4 members (excludes halogenated alkanes) is 2. The summed E-state index contributed by atoms with van der Waals surface area (Å²) in [6.45, 7) is 13.7. The summed E-state index contributed by atoms with van der Waals surface area (Å²) < 4.78 is 2.50. The maximum Gasteiger partial charge on any atom is 0.124 e. The van der Waals surface area contributed by atoms with Gasteiger partial charge in [-0.05, 0) is 61.1 Å². The Bertz CT molecular complexity index is 1350. The summed E-state index contributed by atoms with van der Waals surface area (Å²) in [5, 5.41) is 7.56. The Balaban J connectivity index is 1.53. The van der Waals surface area contributed by atoms with Crippen molar-refractivity contribution in [1.29, 1.82) is 0 Å². The Labute approximate surface area is 266 Å². The highest BCUT2D eigenvalue weighted by Gasteiger charge is 2.18. The van der Waals surface area contributed by atoms with E-state index in [-0.39, 0.29) is 0 Å². The van der Waals surface area contributed by atoms with Crippen molar-refractivity contribution in [3.05, 3.63) is 84.4 Å². The summed E-state index contributed by atoms with van der Waals surface area (Å²) in [7, 11) is 0. The molecule has 2 unspecified atom stereocenters. The lowest BCUT2D eigenvalue weighted by molar-refractivity contribution is 0.271. The van der Waals surface area contributed by atoms with Gasteiger partial charge in [-0.1, -0.05) is 96.6 Å². The molecular weight excluding hydrogens is 540 g/mol. The minimum atomic E-state index is 0.661. The molecule has 0 fully saturated rings. The van der Waals surface area contributed by atoms with Crippen LogP contribution in [0.1, 0.15) is 90.6 Å². The molecule has 44 heavy (non-hydrogen) atoms. The molecule has 0 amide bonds. The van der Waals surface area contributed by atoms with E-state index in [9.17, 15) is 0 Å². The van der Waals surface area contributed by atoms with Crippen LogP contribution in [0.2, 0.25) is 0 Å². The molecule has 2 aromatic carbocycles. The Morgan fingerprint density at radius 2 is 1.45 bits per heavy atom. The number of aromatic nitrogens is 3. The van der Waals surface area contributed by atoms with Crippen LogP contribution in [0.25, 0.3) is 11.0 Å². The van der Waals surface area contributed by atoms with Crippen molar-refractivity contribution in [3.8, 4) is 0 Å². The van der Waals surface area contributed by atoms with E-state index >= 15 is 0 Å². The van der Waals surface area contributed by atoms with Crippen molar-refractivity contribution in [2.45, 2.75) is 98.6 Å². The zero-order valence-electron chi connectivity index (χ0n) is 27.8. The maximum atomic E-state index is 5.20. The number of nitrogens with one attached hydrogen (secondary N) is 2. The normalized spacial score (nSPS) is 12.9. The predicted octanol–water partition coefficient (Wildman–Crippen LogP) is 9.39. The standard InChI is InChI=1S/C38H56N6/c1-5-9-17-31(7-3)27-40-34-20-11-12-21-35(34)41-30-43(26-24-33-19-15-16-25-39-33)29-38-42-36-22-13-14-23-37(36)44(38)28-32(8-4)18-10-6-2/h11-16,19-23,25,31-32,40-41H,5-10,17-18,24,26-30H2,1-4H3. The zero-order chi connectivity index (χ0) is 31.0. The summed E-state index contributed by atoms with van der Waals surface area (Å²) in [6.07, 6.45) is 12.8. The number of anilines is 2. The predicted molar refractivity (Wildman–Crippen MR) is 188 cm³/mol. The molecule has 0 aliphatic heterocycles. The van der Waals surface area contributed by atoms with Crippen LogP contribution in [0.15, 0.2) is 72.9 Å². The molecule has 4 rings (SSSR count). The quantitative estimate of drug-likeness (QED) is 0.0939. The molecule has 6 nitrogen and oxygen atoms in total. The second-order valence-corrected chi connectivity index (χ2v) is 12.3. The van der Waals surface area contributed by atoms with Crippen LogP contribution >= 0.6 is 0 Å². The topological polar surface area (TPSA) is 58.0 Å². The molecule has 0 spiro atoms. The van der Waals surface area contributed by atoms with Gasteiger partial charge in [-0.2, -0.15) is 0 Å². The number of hydrogen-bond acceptors (Lipinski definition) is 5. The SMILES string of the molecule is CCCCC(CC)CNc1ccccc1NCN(CCc1ccccn1)Cc1nc2ccccc2n1CC(CC)CCCC. The first kappa shape index (κ1) is 33.5. The van der Waals surface area contributed by atoms with Gasteiger partial charge in [-0.25, -0.2) is 4.98 Å². The van der Waals surface area contributed by atoms with Crippen LogP contribution < -0.4 is 10.6 Å². The van der Waals surface area contributed by atoms with E-state index < -0.39 is 0 Å². The summed E-state index contributed by atoms with van der Waals surface area (Å²) >= 11 is 0. The second kappa shape index (κ2) is 18.4. The number of imidazole rings is 1. The van der Waals surface area contributed by atoms with Crippen molar-refractivity contribution in [1.82, 2.24) is 19.4 Å². The van der Waals surface area contributed by atoms with Crippen LogP contribution in [-0.2, 0) is 19.5 Å². The fourth-order valence-corrected chi connectivity index (χ4v) is 6.04. The van der Waals surface area contributed by atoms with E-state index in [0.717, 1.165) is 62.0 Å². The molecule has 2 N–H and O–H groups in total. The smallest absolute Gasteiger partial charge is 0.124 e. The Kier molecular flexibility index (Phi) is 14.0. The molecule has 2 heterocycles. The first-order valence-electron chi connectivity index (χ1n) is 17.3. The minimum Gasteiger partial charge on any atom is -0.383 e. The van der Waals surface area contributed by atoms with Crippen LogP contribution in [0, 0.1) is 11.8 Å². The molecule has 2 aromatic heterocycles. The molecule has 0 aliphatic carbocycles. The van der Waals surface area contributed by atoms with E-state index in [2.05, 4.69) is 113 Å². The Morgan fingerprint density at radius 1 is 0.773 bits per heavy atom. The highest BCUT2D eigenvalue weighted by molar-refractivity contribution is 5.76. The molecule has 2 atom stereocenters. The van der Waals surface area contributed by atoms with Gasteiger partial charge >= 0.3 is 0 Å². The number of benzene rings is 2. The van der Waals surface area contributed by atoms with Gasteiger partial charge < -0.3 is 15.2 Å². The van der Waals surface area contributed by atoms with Gasteiger partial charge in [0.15, 0.2) is 0 Å². The third-order valence-corrected chi connectivity index (χ3v) is 9.04. The number of pyridine rings is 1. The van der Waals surface area contributed by atoms with Crippen LogP contribution in [0.4, 0.5) is 11.4 Å². The maximum absolute atomic E-state index is 5.20. The van der Waals surface area contributed by atoms with E-state index in [1.54, 1.807) is 0 Å². The lowest BCUT2D eigenvalue weighted by Gasteiger charge is -2.25. The van der Waals surface area contributed by atoms with Gasteiger partial charge in [0.1, 0.15) is 5.82 Å². The molecule has 0 aliphatic rings. The molecule has 0 bridgehead atoms. The summed E-state index contributed by atoms with van der Waals surface area (Å²) in [4.78, 5) is 12.3. The van der Waals surface area contributed by atoms with Gasteiger partial charge in [-0.3, -0.25) is 9.88 Å². The lowest BCUT2D eigenvalue weighted by Crippen LogP contribution is -2.33. The lowest BCUT2D eigenvalue weighted by atomic mass is 9.99. The fourth-order valence-electron chi connectivity index (χ4n) is 6.04. The molecule has 0 saturated heterocycles. The number of fused-ring (bicyclic) bond motifs is 1. The molecule has 6 heteroatoms. The minimum absolute atomic E-state index is 0.661. The zero-order valence-corrected chi connectivity index (χ0v) is 27.8. The van der Waals surface area contributed by atoms with Crippen LogP contribution in [0.5, 0.6) is 0 Å². The highest BCUT2D eigenvalue weighted by Crippen LogP contribution is 2.25. The van der Waals surface area contributed by atoms with E-state index in [1.165, 1.54) is 62.6 Å². The van der Waals surface area contributed by atoms with Crippen molar-refractivity contribution < 1.29 is 0 Å². The Hall–Kier alpha value is -3.38. The average molecular weight is 597 g/mol. The molecule has 0 saturated carbocycles. The van der Waals surface area contributed by atoms with Crippen molar-refractivity contribution in [2.24, 2.45) is 11.8 Å². The summed E-state index contributed by atoms with van der Waals surface area (Å²) in [6, 6.07) is 23.5. The number of rotatable bonds is 21. The van der Waals surface area contributed by atoms with Crippen molar-refractivity contribution in [2.75, 3.05) is 30.4 Å². The third-order valence-electron chi connectivity index (χ3n) is 9.04. The largest absolute Gasteiger partial charge is 0.383 e. The van der Waals surface area contributed by atoms with Crippen molar-refractivity contribution >= 4 is 22.4 Å². The van der Waals surface area contributed by atoms with Gasteiger partial charge in [0.2, 0.25) is 0 Å². The van der Waals surface area contributed by atoms with Crippen molar-refractivity contribution in [3.63, 3.8) is 0 Å². The van der Waals surface area contributed by atoms with Gasteiger partial charge in [-0.15, -0.1) is 0 Å². The monoisotopic (exact) mass is 596 g/mol. The third kappa shape index (κ3) is 10.1. The van der Waals surface area contributed by atoms with Gasteiger partial charge in [0, 0.05) is 37.9 Å².